The molecule has 0 aliphatic heterocycles. The summed E-state index contributed by atoms with van der Waals surface area (Å²) in [5.74, 6) is 0.938. The van der Waals surface area contributed by atoms with E-state index in [1.54, 1.807) is 0 Å². The smallest absolute Gasteiger partial charge is 0.0131 e. The van der Waals surface area contributed by atoms with Crippen LogP contribution >= 0.6 is 0 Å². The molecule has 0 N–H and O–H groups in total. The minimum atomic E-state index is 0.469. The Morgan fingerprint density at radius 1 is 0.375 bits per heavy atom. The molecular formula is C32H20. The molecule has 0 radical (unpaired) electrons. The predicted octanol–water partition coefficient (Wildman–Crippen LogP) is 8.61. The molecule has 5 aromatic carbocycles. The van der Waals surface area contributed by atoms with E-state index in [1.165, 1.54) is 66.1 Å². The Bertz CT molecular complexity index is 1620. The van der Waals surface area contributed by atoms with Gasteiger partial charge in [-0.25, -0.2) is 0 Å². The monoisotopic (exact) mass is 404 g/mol. The minimum Gasteiger partial charge on any atom is -0.0761 e. The zero-order valence-corrected chi connectivity index (χ0v) is 17.5. The van der Waals surface area contributed by atoms with Gasteiger partial charge in [-0.1, -0.05) is 109 Å². The Labute approximate surface area is 187 Å². The minimum absolute atomic E-state index is 0.469. The van der Waals surface area contributed by atoms with Crippen molar-refractivity contribution in [2.75, 3.05) is 0 Å². The van der Waals surface area contributed by atoms with Crippen LogP contribution in [-0.4, -0.2) is 0 Å². The van der Waals surface area contributed by atoms with Crippen molar-refractivity contribution in [2.45, 2.75) is 11.8 Å². The summed E-state index contributed by atoms with van der Waals surface area (Å²) in [6.45, 7) is 0. The van der Waals surface area contributed by atoms with Gasteiger partial charge in [0.15, 0.2) is 0 Å². The molecule has 3 aliphatic carbocycles. The number of fused-ring (bicyclic) bond motifs is 6. The molecule has 0 saturated carbocycles. The SMILES string of the molecule is C1=CC2c3cccc4c(-c5ccc6c7c(cccc57)-c5ccccc5-6)ccc(c34)C2C=C1. The summed E-state index contributed by atoms with van der Waals surface area (Å²) in [6.07, 6.45) is 9.14. The molecule has 0 spiro atoms. The molecule has 32 heavy (non-hydrogen) atoms. The normalized spacial score (nSPS) is 19.0. The largest absolute Gasteiger partial charge is 0.0761 e. The molecule has 0 amide bonds. The summed E-state index contributed by atoms with van der Waals surface area (Å²) in [4.78, 5) is 0. The average Bonchev–Trinajstić information content (AvgIpc) is 3.36. The highest BCUT2D eigenvalue weighted by molar-refractivity contribution is 6.20. The molecular weight excluding hydrogens is 384 g/mol. The fourth-order valence-corrected chi connectivity index (χ4v) is 6.50. The Morgan fingerprint density at radius 2 is 0.906 bits per heavy atom. The lowest BCUT2D eigenvalue weighted by Crippen LogP contribution is -2.01. The van der Waals surface area contributed by atoms with Crippen LogP contribution in [0.2, 0.25) is 0 Å². The molecule has 3 aliphatic rings. The predicted molar refractivity (Wildman–Crippen MR) is 135 cm³/mol. The van der Waals surface area contributed by atoms with E-state index in [1.807, 2.05) is 0 Å². The molecule has 0 heteroatoms. The Kier molecular flexibility index (Phi) is 3.07. The van der Waals surface area contributed by atoms with Gasteiger partial charge < -0.3 is 0 Å². The number of hydrogen-bond acceptors (Lipinski definition) is 0. The second-order valence-corrected chi connectivity index (χ2v) is 9.23. The van der Waals surface area contributed by atoms with Crippen molar-refractivity contribution in [3.8, 4) is 33.4 Å². The number of rotatable bonds is 1. The van der Waals surface area contributed by atoms with Crippen LogP contribution in [0.15, 0.2) is 109 Å². The van der Waals surface area contributed by atoms with E-state index in [0.29, 0.717) is 11.8 Å². The van der Waals surface area contributed by atoms with Gasteiger partial charge in [0.05, 0.1) is 0 Å². The van der Waals surface area contributed by atoms with Gasteiger partial charge >= 0.3 is 0 Å². The maximum atomic E-state index is 2.38. The maximum Gasteiger partial charge on any atom is 0.0131 e. The van der Waals surface area contributed by atoms with Crippen molar-refractivity contribution in [3.05, 3.63) is 120 Å². The third-order valence-corrected chi connectivity index (χ3v) is 7.80. The van der Waals surface area contributed by atoms with Crippen LogP contribution in [0.4, 0.5) is 0 Å². The molecule has 2 unspecified atom stereocenters. The summed E-state index contributed by atoms with van der Waals surface area (Å²) in [7, 11) is 0. The Hall–Kier alpha value is -3.90. The van der Waals surface area contributed by atoms with Crippen LogP contribution in [0.3, 0.4) is 0 Å². The first-order valence-corrected chi connectivity index (χ1v) is 11.5. The number of hydrogen-bond donors (Lipinski definition) is 0. The van der Waals surface area contributed by atoms with Crippen LogP contribution < -0.4 is 0 Å². The highest BCUT2D eigenvalue weighted by Crippen LogP contribution is 2.53. The van der Waals surface area contributed by atoms with Gasteiger partial charge in [-0.05, 0) is 66.1 Å². The van der Waals surface area contributed by atoms with Gasteiger partial charge in [0.25, 0.3) is 0 Å². The lowest BCUT2D eigenvalue weighted by atomic mass is 9.86. The van der Waals surface area contributed by atoms with Crippen molar-refractivity contribution in [3.63, 3.8) is 0 Å². The van der Waals surface area contributed by atoms with Crippen molar-refractivity contribution in [2.24, 2.45) is 0 Å². The summed E-state index contributed by atoms with van der Waals surface area (Å²) in [5, 5.41) is 5.59. The number of benzene rings is 5. The molecule has 2 atom stereocenters. The molecule has 0 heterocycles. The number of allylic oxidation sites excluding steroid dienone is 4. The first kappa shape index (κ1) is 16.8. The second-order valence-electron chi connectivity index (χ2n) is 9.23. The third kappa shape index (κ3) is 1.94. The van der Waals surface area contributed by atoms with Gasteiger partial charge in [-0.2, -0.15) is 0 Å². The summed E-state index contributed by atoms with van der Waals surface area (Å²) in [6, 6.07) is 31.9. The molecule has 0 nitrogen and oxygen atoms in total. The van der Waals surface area contributed by atoms with Crippen LogP contribution in [-0.2, 0) is 0 Å². The van der Waals surface area contributed by atoms with Gasteiger partial charge in [0.2, 0.25) is 0 Å². The topological polar surface area (TPSA) is 0 Å². The average molecular weight is 405 g/mol. The van der Waals surface area contributed by atoms with Crippen molar-refractivity contribution in [1.29, 1.82) is 0 Å². The summed E-state index contributed by atoms with van der Waals surface area (Å²) >= 11 is 0. The molecule has 0 saturated heterocycles. The Balaban J connectivity index is 1.45. The fraction of sp³-hybridized carbons (Fsp3) is 0.0625. The molecule has 0 aromatic heterocycles. The van der Waals surface area contributed by atoms with E-state index in [0.717, 1.165) is 0 Å². The fourth-order valence-electron chi connectivity index (χ4n) is 6.50. The summed E-state index contributed by atoms with van der Waals surface area (Å²) < 4.78 is 0. The zero-order valence-electron chi connectivity index (χ0n) is 17.5. The van der Waals surface area contributed by atoms with Crippen molar-refractivity contribution < 1.29 is 0 Å². The molecule has 0 fully saturated rings. The van der Waals surface area contributed by atoms with Crippen LogP contribution in [0, 0.1) is 0 Å². The van der Waals surface area contributed by atoms with Crippen LogP contribution in [0.1, 0.15) is 23.0 Å². The quantitative estimate of drug-likeness (QED) is 0.257. The van der Waals surface area contributed by atoms with Crippen molar-refractivity contribution in [1.82, 2.24) is 0 Å². The van der Waals surface area contributed by atoms with E-state index in [4.69, 9.17) is 0 Å². The summed E-state index contributed by atoms with van der Waals surface area (Å²) in [5.41, 5.74) is 11.1. The molecule has 148 valence electrons. The zero-order chi connectivity index (χ0) is 20.8. The molecule has 8 rings (SSSR count). The van der Waals surface area contributed by atoms with E-state index in [2.05, 4.69) is 109 Å². The lowest BCUT2D eigenvalue weighted by Gasteiger charge is -2.17. The van der Waals surface area contributed by atoms with E-state index in [-0.39, 0.29) is 0 Å². The molecule has 0 bridgehead atoms. The van der Waals surface area contributed by atoms with Gasteiger partial charge in [0, 0.05) is 11.8 Å². The van der Waals surface area contributed by atoms with Gasteiger partial charge in [0.1, 0.15) is 0 Å². The van der Waals surface area contributed by atoms with Gasteiger partial charge in [-0.3, -0.25) is 0 Å². The third-order valence-electron chi connectivity index (χ3n) is 7.80. The highest BCUT2D eigenvalue weighted by atomic mass is 14.4. The van der Waals surface area contributed by atoms with Crippen molar-refractivity contribution >= 4 is 21.5 Å². The van der Waals surface area contributed by atoms with Crippen LogP contribution in [0.25, 0.3) is 54.9 Å². The van der Waals surface area contributed by atoms with Gasteiger partial charge in [-0.15, -0.1) is 0 Å². The Morgan fingerprint density at radius 3 is 1.66 bits per heavy atom. The molecule has 5 aromatic rings. The van der Waals surface area contributed by atoms with E-state index in [9.17, 15) is 0 Å². The second kappa shape index (κ2) is 5.87. The standard InChI is InChI=1S/C32H20/c1-3-9-21-19(7-1)25-11-5-13-27-23(15-17-29(21)31(25)27)24-16-18-30-22-10-4-2-8-20(22)26-12-6-14-28(24)32(26)30/h1-19,21H. The highest BCUT2D eigenvalue weighted by Gasteiger charge is 2.33. The first-order chi connectivity index (χ1) is 15.9. The van der Waals surface area contributed by atoms with Crippen LogP contribution in [0.5, 0.6) is 0 Å². The van der Waals surface area contributed by atoms with E-state index >= 15 is 0 Å². The first-order valence-electron chi connectivity index (χ1n) is 11.5. The maximum absolute atomic E-state index is 2.38. The lowest BCUT2D eigenvalue weighted by molar-refractivity contribution is 0.769. The van der Waals surface area contributed by atoms with E-state index < -0.39 is 0 Å².